The molecule has 0 aromatic heterocycles. The van der Waals surface area contributed by atoms with Crippen LogP contribution in [0.5, 0.6) is 0 Å². The van der Waals surface area contributed by atoms with Gasteiger partial charge >= 0.3 is 13.8 Å². The first-order valence-corrected chi connectivity index (χ1v) is 22.9. The molecule has 0 saturated heterocycles. The van der Waals surface area contributed by atoms with Gasteiger partial charge in [0.2, 0.25) is 0 Å². The minimum atomic E-state index is -4.53. The summed E-state index contributed by atoms with van der Waals surface area (Å²) in [5, 5.41) is 18.3. The number of carbonyl (C=O) groups excluding carboxylic acids is 1. The lowest BCUT2D eigenvalue weighted by Crippen LogP contribution is -2.29. The SMILES string of the molecule is CC/C=C\C/C=C\C/C=C\C/C=C\CCCCCOCC(COP(=O)(O)OCC(O)CO)OC(=O)CCCCCCCCC/C=C\C/C=C\CCCCCC. The molecule has 0 heterocycles. The van der Waals surface area contributed by atoms with Crippen LogP contribution in [0, 0.1) is 0 Å². The van der Waals surface area contributed by atoms with Crippen molar-refractivity contribution in [1.82, 2.24) is 0 Å². The molecule has 318 valence electrons. The number of aliphatic hydroxyl groups excluding tert-OH is 2. The second-order valence-electron chi connectivity index (χ2n) is 14.0. The number of phosphoric acid groups is 1. The zero-order chi connectivity index (χ0) is 40.3. The lowest BCUT2D eigenvalue weighted by atomic mass is 10.1. The van der Waals surface area contributed by atoms with E-state index in [1.165, 1.54) is 51.4 Å². The van der Waals surface area contributed by atoms with E-state index < -0.39 is 45.8 Å². The number of rotatable bonds is 40. The highest BCUT2D eigenvalue weighted by atomic mass is 31.2. The van der Waals surface area contributed by atoms with Crippen LogP contribution >= 0.6 is 7.82 Å². The Morgan fingerprint density at radius 3 is 1.56 bits per heavy atom. The van der Waals surface area contributed by atoms with E-state index in [1.807, 2.05) is 0 Å². The standard InChI is InChI=1S/C45H79O9P/c1-3-5-7-9-11-13-15-17-19-21-22-23-25-27-29-31-33-35-37-45(48)54-44(42-53-55(49,50)52-40-43(47)39-46)41-51-38-36-34-32-30-28-26-24-20-18-16-14-12-10-8-6-4-2/h6,8,12-15,18-21,26,28,43-44,46-47H,3-5,7,9-11,16-17,22-25,27,29-42H2,1-2H3,(H,49,50)/b8-6-,14-12-,15-13-,20-18-,21-19-,28-26-. The van der Waals surface area contributed by atoms with Crippen molar-refractivity contribution in [1.29, 1.82) is 0 Å². The van der Waals surface area contributed by atoms with Crippen molar-refractivity contribution in [3.63, 3.8) is 0 Å². The zero-order valence-electron chi connectivity index (χ0n) is 34.6. The van der Waals surface area contributed by atoms with E-state index >= 15 is 0 Å². The summed E-state index contributed by atoms with van der Waals surface area (Å²) in [6.07, 6.45) is 48.6. The molecule has 0 saturated carbocycles. The molecule has 0 aliphatic carbocycles. The average Bonchev–Trinajstić information content (AvgIpc) is 3.18. The molecule has 3 unspecified atom stereocenters. The molecule has 0 aliphatic heterocycles. The van der Waals surface area contributed by atoms with E-state index in [1.54, 1.807) is 0 Å². The first-order chi connectivity index (χ1) is 26.8. The van der Waals surface area contributed by atoms with Crippen LogP contribution in [0.4, 0.5) is 0 Å². The number of allylic oxidation sites excluding steroid dienone is 12. The van der Waals surface area contributed by atoms with Crippen LogP contribution in [0.1, 0.15) is 162 Å². The van der Waals surface area contributed by atoms with Crippen LogP contribution in [0.2, 0.25) is 0 Å². The summed E-state index contributed by atoms with van der Waals surface area (Å²) in [5.41, 5.74) is 0. The Morgan fingerprint density at radius 1 is 0.582 bits per heavy atom. The maximum atomic E-state index is 12.6. The molecule has 0 aromatic rings. The molecule has 0 fully saturated rings. The van der Waals surface area contributed by atoms with Gasteiger partial charge in [0.25, 0.3) is 0 Å². The molecule has 0 aliphatic rings. The average molecular weight is 795 g/mol. The Hall–Kier alpha value is -2.10. The van der Waals surface area contributed by atoms with E-state index in [-0.39, 0.29) is 13.0 Å². The van der Waals surface area contributed by atoms with E-state index in [9.17, 15) is 19.4 Å². The van der Waals surface area contributed by atoms with E-state index in [2.05, 4.69) is 86.8 Å². The van der Waals surface area contributed by atoms with Gasteiger partial charge < -0.3 is 24.6 Å². The number of aliphatic hydroxyl groups is 2. The second-order valence-corrected chi connectivity index (χ2v) is 15.4. The van der Waals surface area contributed by atoms with Gasteiger partial charge in [0, 0.05) is 13.0 Å². The Kier molecular flexibility index (Phi) is 39.9. The number of unbranched alkanes of at least 4 members (excludes halogenated alkanes) is 14. The Balaban J connectivity index is 4.27. The fourth-order valence-electron chi connectivity index (χ4n) is 5.38. The van der Waals surface area contributed by atoms with E-state index in [0.29, 0.717) is 13.0 Å². The fourth-order valence-corrected chi connectivity index (χ4v) is 6.16. The Labute approximate surface area is 335 Å². The summed E-state index contributed by atoms with van der Waals surface area (Å²) in [7, 11) is -4.53. The fraction of sp³-hybridized carbons (Fsp3) is 0.711. The maximum absolute atomic E-state index is 12.6. The third-order valence-electron chi connectivity index (χ3n) is 8.63. The number of phosphoric ester groups is 1. The molecule has 0 bridgehead atoms. The van der Waals surface area contributed by atoms with Gasteiger partial charge in [-0.2, -0.15) is 0 Å². The number of hydrogen-bond acceptors (Lipinski definition) is 8. The smallest absolute Gasteiger partial charge is 0.457 e. The monoisotopic (exact) mass is 795 g/mol. The number of ether oxygens (including phenoxy) is 2. The molecule has 0 radical (unpaired) electrons. The summed E-state index contributed by atoms with van der Waals surface area (Å²) in [6, 6.07) is 0. The van der Waals surface area contributed by atoms with Gasteiger partial charge in [-0.05, 0) is 83.5 Å². The van der Waals surface area contributed by atoms with Gasteiger partial charge in [-0.25, -0.2) is 4.57 Å². The van der Waals surface area contributed by atoms with Crippen LogP contribution in [0.25, 0.3) is 0 Å². The van der Waals surface area contributed by atoms with Gasteiger partial charge in [-0.3, -0.25) is 13.8 Å². The second kappa shape index (κ2) is 41.5. The normalized spacial score (nSPS) is 14.8. The largest absolute Gasteiger partial charge is 0.472 e. The first-order valence-electron chi connectivity index (χ1n) is 21.4. The van der Waals surface area contributed by atoms with Crippen molar-refractivity contribution < 1.29 is 43.0 Å². The van der Waals surface area contributed by atoms with Crippen molar-refractivity contribution in [2.24, 2.45) is 0 Å². The lowest BCUT2D eigenvalue weighted by Gasteiger charge is -2.20. The highest BCUT2D eigenvalue weighted by Gasteiger charge is 2.26. The predicted molar refractivity (Wildman–Crippen MR) is 228 cm³/mol. The topological polar surface area (TPSA) is 132 Å². The van der Waals surface area contributed by atoms with Crippen LogP contribution in [0.15, 0.2) is 72.9 Å². The van der Waals surface area contributed by atoms with Crippen LogP contribution in [-0.4, -0.2) is 66.3 Å². The quantitative estimate of drug-likeness (QED) is 0.0240. The van der Waals surface area contributed by atoms with E-state index in [4.69, 9.17) is 23.6 Å². The molecular formula is C45H79O9P. The maximum Gasteiger partial charge on any atom is 0.472 e. The molecule has 3 N–H and O–H groups in total. The molecular weight excluding hydrogens is 715 g/mol. The molecule has 3 atom stereocenters. The molecule has 0 aromatic carbocycles. The highest BCUT2D eigenvalue weighted by Crippen LogP contribution is 2.43. The number of esters is 1. The predicted octanol–water partition coefficient (Wildman–Crippen LogP) is 11.8. The van der Waals surface area contributed by atoms with Crippen molar-refractivity contribution in [2.75, 3.05) is 33.0 Å². The van der Waals surface area contributed by atoms with Crippen molar-refractivity contribution in [3.05, 3.63) is 72.9 Å². The molecule has 0 spiro atoms. The van der Waals surface area contributed by atoms with Crippen molar-refractivity contribution in [3.8, 4) is 0 Å². The molecule has 10 heteroatoms. The minimum absolute atomic E-state index is 0.0207. The summed E-state index contributed by atoms with van der Waals surface area (Å²) in [4.78, 5) is 22.6. The summed E-state index contributed by atoms with van der Waals surface area (Å²) in [5.74, 6) is -0.405. The summed E-state index contributed by atoms with van der Waals surface area (Å²) < 4.78 is 33.3. The van der Waals surface area contributed by atoms with E-state index in [0.717, 1.165) is 83.5 Å². The zero-order valence-corrected chi connectivity index (χ0v) is 35.5. The van der Waals surface area contributed by atoms with Crippen LogP contribution in [0.3, 0.4) is 0 Å². The summed E-state index contributed by atoms with van der Waals surface area (Å²) in [6.45, 7) is 3.28. The Morgan fingerprint density at radius 2 is 1.04 bits per heavy atom. The first kappa shape index (κ1) is 52.9. The van der Waals surface area contributed by atoms with Gasteiger partial charge in [0.1, 0.15) is 12.2 Å². The molecule has 0 rings (SSSR count). The highest BCUT2D eigenvalue weighted by molar-refractivity contribution is 7.47. The third-order valence-corrected chi connectivity index (χ3v) is 9.58. The van der Waals surface area contributed by atoms with Crippen LogP contribution < -0.4 is 0 Å². The third kappa shape index (κ3) is 41.4. The van der Waals surface area contributed by atoms with Gasteiger partial charge in [-0.1, -0.05) is 145 Å². The van der Waals surface area contributed by atoms with Gasteiger partial charge in [-0.15, -0.1) is 0 Å². The lowest BCUT2D eigenvalue weighted by molar-refractivity contribution is -0.154. The Bertz CT molecular complexity index is 1080. The molecule has 55 heavy (non-hydrogen) atoms. The molecule has 0 amide bonds. The minimum Gasteiger partial charge on any atom is -0.457 e. The van der Waals surface area contributed by atoms with Crippen molar-refractivity contribution in [2.45, 2.75) is 174 Å². The number of hydrogen-bond donors (Lipinski definition) is 3. The van der Waals surface area contributed by atoms with Gasteiger partial charge in [0.15, 0.2) is 0 Å². The van der Waals surface area contributed by atoms with Crippen molar-refractivity contribution >= 4 is 13.8 Å². The molecule has 9 nitrogen and oxygen atoms in total. The van der Waals surface area contributed by atoms with Crippen LogP contribution in [-0.2, 0) is 27.9 Å². The van der Waals surface area contributed by atoms with Gasteiger partial charge in [0.05, 0.1) is 26.4 Å². The number of carbonyl (C=O) groups is 1. The summed E-state index contributed by atoms with van der Waals surface area (Å²) >= 11 is 0.